The van der Waals surface area contributed by atoms with E-state index < -0.39 is 0 Å². The molecular weight excluding hydrogens is 460 g/mol. The summed E-state index contributed by atoms with van der Waals surface area (Å²) in [6, 6.07) is 10.3. The van der Waals surface area contributed by atoms with Crippen LogP contribution in [0.3, 0.4) is 0 Å². The molecule has 1 atom stereocenters. The fourth-order valence-electron chi connectivity index (χ4n) is 4.49. The lowest BCUT2D eigenvalue weighted by molar-refractivity contribution is 0.300. The first-order valence-electron chi connectivity index (χ1n) is 13.6. The fraction of sp³-hybridized carbons (Fsp3) is 0.533. The van der Waals surface area contributed by atoms with Crippen molar-refractivity contribution in [2.24, 2.45) is 5.73 Å². The van der Waals surface area contributed by atoms with Gasteiger partial charge in [0.2, 0.25) is 0 Å². The SMILES string of the molecule is C=C(c1ccccc1OCCCCCC)N(C)C(CC)c1cc2nc(NCC(C)(C)N)c(C)c(C)n2n1. The molecule has 1 aromatic carbocycles. The van der Waals surface area contributed by atoms with Crippen LogP contribution in [0.5, 0.6) is 5.75 Å². The van der Waals surface area contributed by atoms with Gasteiger partial charge in [0.1, 0.15) is 11.6 Å². The van der Waals surface area contributed by atoms with Gasteiger partial charge in [-0.05, 0) is 52.7 Å². The minimum Gasteiger partial charge on any atom is -0.493 e. The first kappa shape index (κ1) is 28.5. The molecular formula is C30H46N6O. The number of para-hydroxylation sites is 1. The van der Waals surface area contributed by atoms with E-state index >= 15 is 0 Å². The van der Waals surface area contributed by atoms with Crippen LogP contribution >= 0.6 is 0 Å². The van der Waals surface area contributed by atoms with Gasteiger partial charge in [-0.25, -0.2) is 9.50 Å². The highest BCUT2D eigenvalue weighted by atomic mass is 16.5. The Labute approximate surface area is 223 Å². The van der Waals surface area contributed by atoms with Crippen LogP contribution in [0, 0.1) is 13.8 Å². The number of aromatic nitrogens is 3. The summed E-state index contributed by atoms with van der Waals surface area (Å²) in [4.78, 5) is 7.09. The van der Waals surface area contributed by atoms with Crippen LogP contribution in [-0.4, -0.2) is 45.2 Å². The second-order valence-corrected chi connectivity index (χ2v) is 10.7. The highest BCUT2D eigenvalue weighted by Gasteiger charge is 2.23. The van der Waals surface area contributed by atoms with Crippen LogP contribution in [0.1, 0.15) is 88.4 Å². The lowest BCUT2D eigenvalue weighted by Gasteiger charge is -2.30. The summed E-state index contributed by atoms with van der Waals surface area (Å²) in [5.41, 5.74) is 11.7. The molecule has 0 fully saturated rings. The number of anilines is 1. The van der Waals surface area contributed by atoms with Crippen molar-refractivity contribution in [3.63, 3.8) is 0 Å². The lowest BCUT2D eigenvalue weighted by atomic mass is 10.1. The standard InChI is InChI=1S/C30H46N6O/c1-9-11-12-15-18-37-27-17-14-13-16-24(27)23(5)35(8)26(10-2)25-19-28-33-29(32-20-30(6,7)31)21(3)22(4)36(28)34-25/h13-14,16-17,19,26H,5,9-12,15,18,20,31H2,1-4,6-8H3,(H,32,33). The van der Waals surface area contributed by atoms with Crippen LogP contribution in [-0.2, 0) is 0 Å². The number of unbranched alkanes of at least 4 members (excludes halogenated alkanes) is 3. The van der Waals surface area contributed by atoms with Gasteiger partial charge >= 0.3 is 0 Å². The normalized spacial score (nSPS) is 12.5. The fourth-order valence-corrected chi connectivity index (χ4v) is 4.49. The smallest absolute Gasteiger partial charge is 0.158 e. The first-order chi connectivity index (χ1) is 17.6. The number of hydrogen-bond donors (Lipinski definition) is 2. The van der Waals surface area contributed by atoms with Gasteiger partial charge in [-0.3, -0.25) is 0 Å². The van der Waals surface area contributed by atoms with Crippen molar-refractivity contribution in [1.82, 2.24) is 19.5 Å². The van der Waals surface area contributed by atoms with E-state index in [1.165, 1.54) is 19.3 Å². The number of ether oxygens (including phenoxy) is 1. The molecule has 0 spiro atoms. The van der Waals surface area contributed by atoms with E-state index in [0.717, 1.165) is 64.9 Å². The van der Waals surface area contributed by atoms with Crippen LogP contribution in [0.2, 0.25) is 0 Å². The van der Waals surface area contributed by atoms with Crippen LogP contribution < -0.4 is 15.8 Å². The number of nitrogens with one attached hydrogen (secondary N) is 1. The average Bonchev–Trinajstić information content (AvgIpc) is 3.28. The number of nitrogens with zero attached hydrogens (tertiary/aromatic N) is 4. The summed E-state index contributed by atoms with van der Waals surface area (Å²) < 4.78 is 8.12. The molecule has 3 rings (SSSR count). The minimum atomic E-state index is -0.328. The average molecular weight is 507 g/mol. The maximum Gasteiger partial charge on any atom is 0.158 e. The third kappa shape index (κ3) is 7.04. The molecule has 0 radical (unpaired) electrons. The predicted octanol–water partition coefficient (Wildman–Crippen LogP) is 6.51. The van der Waals surface area contributed by atoms with Crippen molar-refractivity contribution in [2.45, 2.75) is 85.2 Å². The summed E-state index contributed by atoms with van der Waals surface area (Å²) in [6.45, 7) is 18.4. The van der Waals surface area contributed by atoms with Crippen molar-refractivity contribution < 1.29 is 4.74 Å². The third-order valence-electron chi connectivity index (χ3n) is 6.94. The quantitative estimate of drug-likeness (QED) is 0.243. The van der Waals surface area contributed by atoms with Gasteiger partial charge in [0.15, 0.2) is 5.65 Å². The van der Waals surface area contributed by atoms with Crippen molar-refractivity contribution >= 4 is 17.2 Å². The predicted molar refractivity (Wildman–Crippen MR) is 155 cm³/mol. The molecule has 7 nitrogen and oxygen atoms in total. The number of fused-ring (bicyclic) bond motifs is 1. The lowest BCUT2D eigenvalue weighted by Crippen LogP contribution is -2.40. The molecule has 0 saturated carbocycles. The molecule has 3 N–H and O–H groups in total. The zero-order valence-electron chi connectivity index (χ0n) is 23.9. The Bertz CT molecular complexity index is 1190. The van der Waals surface area contributed by atoms with Crippen LogP contribution in [0.25, 0.3) is 11.3 Å². The number of rotatable bonds is 14. The number of benzene rings is 1. The van der Waals surface area contributed by atoms with E-state index in [9.17, 15) is 0 Å². The van der Waals surface area contributed by atoms with Crippen molar-refractivity contribution in [2.75, 3.05) is 25.5 Å². The highest BCUT2D eigenvalue weighted by molar-refractivity contribution is 5.68. The van der Waals surface area contributed by atoms with E-state index in [4.69, 9.17) is 20.6 Å². The Kier molecular flexibility index (Phi) is 9.60. The second-order valence-electron chi connectivity index (χ2n) is 10.7. The largest absolute Gasteiger partial charge is 0.493 e. The van der Waals surface area contributed by atoms with Crippen molar-refractivity contribution in [3.8, 4) is 5.75 Å². The van der Waals surface area contributed by atoms with Gasteiger partial charge in [-0.1, -0.05) is 51.8 Å². The zero-order valence-corrected chi connectivity index (χ0v) is 23.9. The molecule has 0 bridgehead atoms. The van der Waals surface area contributed by atoms with E-state index in [1.807, 2.05) is 36.6 Å². The molecule has 1 unspecified atom stereocenters. The molecule has 37 heavy (non-hydrogen) atoms. The molecule has 202 valence electrons. The number of nitrogens with two attached hydrogens (primary N) is 1. The van der Waals surface area contributed by atoms with Gasteiger partial charge in [0, 0.05) is 47.7 Å². The zero-order chi connectivity index (χ0) is 27.2. The summed E-state index contributed by atoms with van der Waals surface area (Å²) >= 11 is 0. The maximum absolute atomic E-state index is 6.18. The monoisotopic (exact) mass is 506 g/mol. The summed E-state index contributed by atoms with van der Waals surface area (Å²) in [5, 5.41) is 8.40. The molecule has 0 amide bonds. The van der Waals surface area contributed by atoms with E-state index in [-0.39, 0.29) is 11.6 Å². The topological polar surface area (TPSA) is 80.7 Å². The Hall–Kier alpha value is -3.06. The molecule has 0 saturated heterocycles. The van der Waals surface area contributed by atoms with Crippen LogP contribution in [0.15, 0.2) is 36.9 Å². The van der Waals surface area contributed by atoms with Gasteiger partial charge < -0.3 is 20.7 Å². The third-order valence-corrected chi connectivity index (χ3v) is 6.94. The Morgan fingerprint density at radius 1 is 1.19 bits per heavy atom. The summed E-state index contributed by atoms with van der Waals surface area (Å²) in [7, 11) is 2.08. The van der Waals surface area contributed by atoms with Crippen LogP contribution in [0.4, 0.5) is 5.82 Å². The van der Waals surface area contributed by atoms with E-state index in [1.54, 1.807) is 0 Å². The molecule has 0 aliphatic carbocycles. The molecule has 0 aliphatic rings. The Balaban J connectivity index is 1.84. The first-order valence-corrected chi connectivity index (χ1v) is 13.6. The Morgan fingerprint density at radius 2 is 1.92 bits per heavy atom. The highest BCUT2D eigenvalue weighted by Crippen LogP contribution is 2.34. The summed E-state index contributed by atoms with van der Waals surface area (Å²) in [6.07, 6.45) is 5.60. The molecule has 2 heterocycles. The van der Waals surface area contributed by atoms with Crippen molar-refractivity contribution in [3.05, 3.63) is 59.4 Å². The number of hydrogen-bond acceptors (Lipinski definition) is 6. The maximum atomic E-state index is 6.18. The summed E-state index contributed by atoms with van der Waals surface area (Å²) in [5.74, 6) is 1.73. The van der Waals surface area contributed by atoms with Crippen molar-refractivity contribution in [1.29, 1.82) is 0 Å². The van der Waals surface area contributed by atoms with Gasteiger partial charge in [0.05, 0.1) is 18.3 Å². The van der Waals surface area contributed by atoms with E-state index in [0.29, 0.717) is 6.54 Å². The van der Waals surface area contributed by atoms with Gasteiger partial charge in [0.25, 0.3) is 0 Å². The molecule has 0 aliphatic heterocycles. The molecule has 2 aromatic heterocycles. The van der Waals surface area contributed by atoms with E-state index in [2.05, 4.69) is 63.7 Å². The van der Waals surface area contributed by atoms with Gasteiger partial charge in [-0.15, -0.1) is 0 Å². The molecule has 7 heteroatoms. The van der Waals surface area contributed by atoms with Gasteiger partial charge in [-0.2, -0.15) is 5.10 Å². The Morgan fingerprint density at radius 3 is 2.59 bits per heavy atom. The minimum absolute atomic E-state index is 0.0471. The molecule has 3 aromatic rings. The number of aryl methyl sites for hydroxylation is 1. The second kappa shape index (κ2) is 12.5.